The minimum absolute atomic E-state index is 0.0389. The Balaban J connectivity index is 1.77. The van der Waals surface area contributed by atoms with Gasteiger partial charge in [-0.2, -0.15) is 5.10 Å². The first-order chi connectivity index (χ1) is 11.1. The van der Waals surface area contributed by atoms with E-state index in [1.165, 1.54) is 12.3 Å². The largest absolute Gasteiger partial charge is 0.304 e. The summed E-state index contributed by atoms with van der Waals surface area (Å²) in [5, 5.41) is 14.7. The van der Waals surface area contributed by atoms with Crippen molar-refractivity contribution in [2.75, 3.05) is 39.8 Å². The van der Waals surface area contributed by atoms with Gasteiger partial charge in [0, 0.05) is 45.2 Å². The third kappa shape index (κ3) is 5.42. The van der Waals surface area contributed by atoms with Crippen LogP contribution in [0.3, 0.4) is 0 Å². The molecule has 1 N–H and O–H groups in total. The van der Waals surface area contributed by atoms with Gasteiger partial charge in [-0.25, -0.2) is 5.43 Å². The van der Waals surface area contributed by atoms with Crippen molar-refractivity contribution in [2.45, 2.75) is 6.42 Å². The van der Waals surface area contributed by atoms with E-state index < -0.39 is 4.92 Å². The van der Waals surface area contributed by atoms with E-state index in [0.717, 1.165) is 26.2 Å². The fourth-order valence-electron chi connectivity index (χ4n) is 2.32. The van der Waals surface area contributed by atoms with Crippen molar-refractivity contribution in [3.05, 3.63) is 39.9 Å². The normalized spacial score (nSPS) is 16.6. The molecule has 0 radical (unpaired) electrons. The van der Waals surface area contributed by atoms with Gasteiger partial charge in [0.15, 0.2) is 0 Å². The Labute approximate surface area is 134 Å². The lowest BCUT2D eigenvalue weighted by Crippen LogP contribution is -2.45. The number of piperazine rings is 1. The zero-order chi connectivity index (χ0) is 16.7. The first-order valence-corrected chi connectivity index (χ1v) is 7.52. The lowest BCUT2D eigenvalue weighted by molar-refractivity contribution is -0.385. The van der Waals surface area contributed by atoms with E-state index in [1.807, 2.05) is 0 Å². The molecule has 1 saturated heterocycles. The molecule has 0 aliphatic carbocycles. The van der Waals surface area contributed by atoms with E-state index >= 15 is 0 Å². The van der Waals surface area contributed by atoms with Gasteiger partial charge in [0.05, 0.1) is 16.7 Å². The number of carbonyl (C=O) groups is 1. The first kappa shape index (κ1) is 17.0. The SMILES string of the molecule is CN1CCN(CCC(=O)N/N=C/c2ccccc2[N+](=O)[O-])CC1. The summed E-state index contributed by atoms with van der Waals surface area (Å²) >= 11 is 0. The van der Waals surface area contributed by atoms with Crippen LogP contribution in [0.25, 0.3) is 0 Å². The zero-order valence-corrected chi connectivity index (χ0v) is 13.1. The van der Waals surface area contributed by atoms with Crippen LogP contribution >= 0.6 is 0 Å². The van der Waals surface area contributed by atoms with Crippen LogP contribution in [0.4, 0.5) is 5.69 Å². The molecular formula is C15H21N5O3. The average Bonchev–Trinajstić information content (AvgIpc) is 2.54. The number of benzene rings is 1. The van der Waals surface area contributed by atoms with Crippen LogP contribution in [0.2, 0.25) is 0 Å². The predicted octanol–water partition coefficient (Wildman–Crippen LogP) is 0.682. The Morgan fingerprint density at radius 3 is 2.74 bits per heavy atom. The van der Waals surface area contributed by atoms with Gasteiger partial charge in [0.1, 0.15) is 0 Å². The van der Waals surface area contributed by atoms with Gasteiger partial charge >= 0.3 is 0 Å². The van der Waals surface area contributed by atoms with E-state index in [0.29, 0.717) is 18.5 Å². The molecule has 2 rings (SSSR count). The fourth-order valence-corrected chi connectivity index (χ4v) is 2.32. The third-order valence-corrected chi connectivity index (χ3v) is 3.78. The molecule has 0 spiro atoms. The highest BCUT2D eigenvalue weighted by Gasteiger charge is 2.14. The van der Waals surface area contributed by atoms with Crippen molar-refractivity contribution in [3.63, 3.8) is 0 Å². The molecule has 1 aliphatic heterocycles. The van der Waals surface area contributed by atoms with Gasteiger partial charge in [-0.3, -0.25) is 14.9 Å². The molecule has 8 nitrogen and oxygen atoms in total. The highest BCUT2D eigenvalue weighted by Crippen LogP contribution is 2.14. The maximum Gasteiger partial charge on any atom is 0.278 e. The number of carbonyl (C=O) groups excluding carboxylic acids is 1. The van der Waals surface area contributed by atoms with Gasteiger partial charge in [0.2, 0.25) is 5.91 Å². The number of nitrogens with one attached hydrogen (secondary N) is 1. The summed E-state index contributed by atoms with van der Waals surface area (Å²) in [5.74, 6) is -0.196. The molecule has 0 atom stereocenters. The number of hydrogen-bond donors (Lipinski definition) is 1. The van der Waals surface area contributed by atoms with Gasteiger partial charge in [-0.15, -0.1) is 0 Å². The monoisotopic (exact) mass is 319 g/mol. The number of nitro benzene ring substituents is 1. The second-order valence-electron chi connectivity index (χ2n) is 5.50. The second-order valence-corrected chi connectivity index (χ2v) is 5.50. The Bertz CT molecular complexity index is 582. The topological polar surface area (TPSA) is 91.1 Å². The van der Waals surface area contributed by atoms with Gasteiger partial charge in [-0.1, -0.05) is 12.1 Å². The fraction of sp³-hybridized carbons (Fsp3) is 0.467. The number of amides is 1. The molecule has 124 valence electrons. The Hall–Kier alpha value is -2.32. The molecule has 8 heteroatoms. The maximum absolute atomic E-state index is 11.8. The zero-order valence-electron chi connectivity index (χ0n) is 13.1. The van der Waals surface area contributed by atoms with E-state index in [1.54, 1.807) is 18.2 Å². The molecule has 1 aliphatic rings. The second kappa shape index (κ2) is 8.35. The molecule has 0 aromatic heterocycles. The van der Waals surface area contributed by atoms with E-state index in [-0.39, 0.29) is 11.6 Å². The number of rotatable bonds is 6. The summed E-state index contributed by atoms with van der Waals surface area (Å²) in [6.07, 6.45) is 1.66. The van der Waals surface area contributed by atoms with Crippen molar-refractivity contribution in [1.29, 1.82) is 0 Å². The van der Waals surface area contributed by atoms with Crippen molar-refractivity contribution in [3.8, 4) is 0 Å². The van der Waals surface area contributed by atoms with Crippen molar-refractivity contribution in [2.24, 2.45) is 5.10 Å². The highest BCUT2D eigenvalue weighted by molar-refractivity contribution is 5.86. The van der Waals surface area contributed by atoms with Crippen LogP contribution in [0, 0.1) is 10.1 Å². The van der Waals surface area contributed by atoms with Crippen LogP contribution in [-0.2, 0) is 4.79 Å². The van der Waals surface area contributed by atoms with Crippen LogP contribution < -0.4 is 5.43 Å². The molecule has 0 bridgehead atoms. The van der Waals surface area contributed by atoms with E-state index in [9.17, 15) is 14.9 Å². The molecule has 1 fully saturated rings. The van der Waals surface area contributed by atoms with Gasteiger partial charge in [-0.05, 0) is 13.1 Å². The summed E-state index contributed by atoms with van der Waals surface area (Å²) in [4.78, 5) is 26.7. The molecule has 0 saturated carbocycles. The van der Waals surface area contributed by atoms with Gasteiger partial charge < -0.3 is 9.80 Å². The first-order valence-electron chi connectivity index (χ1n) is 7.52. The van der Waals surface area contributed by atoms with Crippen LogP contribution in [-0.4, -0.2) is 66.6 Å². The maximum atomic E-state index is 11.8. The minimum Gasteiger partial charge on any atom is -0.304 e. The number of nitro groups is 1. The number of para-hydroxylation sites is 1. The quantitative estimate of drug-likeness (QED) is 0.473. The molecular weight excluding hydrogens is 298 g/mol. The number of hydrazone groups is 1. The Morgan fingerprint density at radius 2 is 2.04 bits per heavy atom. The van der Waals surface area contributed by atoms with Crippen LogP contribution in [0.1, 0.15) is 12.0 Å². The summed E-state index contributed by atoms with van der Waals surface area (Å²) in [5.41, 5.74) is 2.74. The number of likely N-dealkylation sites (N-methyl/N-ethyl adjacent to an activating group) is 1. The minimum atomic E-state index is -0.476. The molecule has 1 aromatic rings. The molecule has 23 heavy (non-hydrogen) atoms. The summed E-state index contributed by atoms with van der Waals surface area (Å²) in [6.45, 7) is 4.64. The average molecular weight is 319 g/mol. The molecule has 1 heterocycles. The Morgan fingerprint density at radius 1 is 1.35 bits per heavy atom. The van der Waals surface area contributed by atoms with Crippen LogP contribution in [0.15, 0.2) is 29.4 Å². The number of nitrogens with zero attached hydrogens (tertiary/aromatic N) is 4. The van der Waals surface area contributed by atoms with Crippen molar-refractivity contribution >= 4 is 17.8 Å². The summed E-state index contributed by atoms with van der Waals surface area (Å²) < 4.78 is 0. The van der Waals surface area contributed by atoms with Gasteiger partial charge in [0.25, 0.3) is 5.69 Å². The number of hydrogen-bond acceptors (Lipinski definition) is 6. The smallest absolute Gasteiger partial charge is 0.278 e. The molecule has 0 unspecified atom stereocenters. The Kier molecular flexibility index (Phi) is 6.19. The van der Waals surface area contributed by atoms with Crippen molar-refractivity contribution in [1.82, 2.24) is 15.2 Å². The summed E-state index contributed by atoms with van der Waals surface area (Å²) in [7, 11) is 2.08. The standard InChI is InChI=1S/C15H21N5O3/c1-18-8-10-19(11-9-18)7-6-15(21)17-16-12-13-4-2-3-5-14(13)20(22)23/h2-5,12H,6-11H2,1H3,(H,17,21)/b16-12+. The predicted molar refractivity (Wildman–Crippen MR) is 87.4 cm³/mol. The summed E-state index contributed by atoms with van der Waals surface area (Å²) in [6, 6.07) is 6.25. The molecule has 1 aromatic carbocycles. The van der Waals surface area contributed by atoms with Crippen molar-refractivity contribution < 1.29 is 9.72 Å². The van der Waals surface area contributed by atoms with Crippen LogP contribution in [0.5, 0.6) is 0 Å². The van der Waals surface area contributed by atoms with E-state index in [4.69, 9.17) is 0 Å². The third-order valence-electron chi connectivity index (χ3n) is 3.78. The lowest BCUT2D eigenvalue weighted by atomic mass is 10.2. The highest BCUT2D eigenvalue weighted by atomic mass is 16.6. The lowest BCUT2D eigenvalue weighted by Gasteiger charge is -2.32. The van der Waals surface area contributed by atoms with E-state index in [2.05, 4.69) is 27.4 Å². The molecule has 1 amide bonds.